The first kappa shape index (κ1) is 19.0. The molecule has 2 aromatic heterocycles. The van der Waals surface area contributed by atoms with Crippen molar-refractivity contribution in [2.75, 3.05) is 14.1 Å². The summed E-state index contributed by atoms with van der Waals surface area (Å²) in [4.78, 5) is 47.2. The first-order valence-electron chi connectivity index (χ1n) is 8.88. The van der Waals surface area contributed by atoms with Crippen LogP contribution in [0.4, 0.5) is 9.59 Å². The van der Waals surface area contributed by atoms with Gasteiger partial charge in [0.25, 0.3) is 0 Å². The number of hydrogen-bond donors (Lipinski definition) is 2. The highest BCUT2D eigenvalue weighted by atomic mass is 16.2. The number of aromatic nitrogens is 4. The summed E-state index contributed by atoms with van der Waals surface area (Å²) in [5.41, 5.74) is 12.5. The van der Waals surface area contributed by atoms with Crippen LogP contribution < -0.4 is 11.5 Å². The van der Waals surface area contributed by atoms with E-state index in [0.717, 1.165) is 0 Å². The third-order valence-corrected chi connectivity index (χ3v) is 4.85. The van der Waals surface area contributed by atoms with Crippen molar-refractivity contribution in [1.29, 1.82) is 0 Å². The lowest BCUT2D eigenvalue weighted by Gasteiger charge is -2.35. The van der Waals surface area contributed by atoms with Crippen molar-refractivity contribution in [3.05, 3.63) is 61.2 Å². The summed E-state index contributed by atoms with van der Waals surface area (Å²) in [6.45, 7) is 0. The number of ketones is 1. The highest BCUT2D eigenvalue weighted by Crippen LogP contribution is 2.28. The maximum absolute atomic E-state index is 13.6. The molecule has 0 spiro atoms. The number of nitrogens with zero attached hydrogens (tertiary/aromatic N) is 8. The van der Waals surface area contributed by atoms with E-state index in [4.69, 9.17) is 11.5 Å². The molecule has 30 heavy (non-hydrogen) atoms. The molecule has 2 unspecified atom stereocenters. The van der Waals surface area contributed by atoms with Gasteiger partial charge in [-0.05, 0) is 0 Å². The van der Waals surface area contributed by atoms with Gasteiger partial charge in [0, 0.05) is 51.3 Å². The number of Topliss-reactive ketones (excluding diaryl/α,β-unsaturated/α-hetero) is 1. The molecule has 4 heterocycles. The van der Waals surface area contributed by atoms with Gasteiger partial charge in [0.15, 0.2) is 17.9 Å². The summed E-state index contributed by atoms with van der Waals surface area (Å²) in [7, 11) is 3.17. The highest BCUT2D eigenvalue weighted by Gasteiger charge is 2.48. The van der Waals surface area contributed by atoms with E-state index in [-0.39, 0.29) is 11.4 Å². The van der Waals surface area contributed by atoms with Crippen LogP contribution in [0.2, 0.25) is 0 Å². The maximum atomic E-state index is 13.6. The van der Waals surface area contributed by atoms with Gasteiger partial charge in [-0.25, -0.2) is 29.6 Å². The van der Waals surface area contributed by atoms with Gasteiger partial charge in [0.1, 0.15) is 12.7 Å². The van der Waals surface area contributed by atoms with Crippen LogP contribution in [0.5, 0.6) is 0 Å². The molecule has 0 bridgehead atoms. The second-order valence-corrected chi connectivity index (χ2v) is 6.81. The van der Waals surface area contributed by atoms with Gasteiger partial charge in [0.2, 0.25) is 0 Å². The van der Waals surface area contributed by atoms with E-state index in [9.17, 15) is 14.4 Å². The topological polar surface area (TPSA) is 152 Å². The van der Waals surface area contributed by atoms with E-state index in [2.05, 4.69) is 9.97 Å². The Bertz CT molecular complexity index is 960. The fraction of sp³-hybridized carbons (Fsp3) is 0.235. The molecular weight excluding hydrogens is 392 g/mol. The Morgan fingerprint density at radius 2 is 1.20 bits per heavy atom. The summed E-state index contributed by atoms with van der Waals surface area (Å²) in [5.74, 6) is -0.534. The summed E-state index contributed by atoms with van der Waals surface area (Å²) in [6.07, 6.45) is 11.4. The molecule has 0 aliphatic carbocycles. The molecule has 0 saturated carbocycles. The number of rotatable bonds is 2. The van der Waals surface area contributed by atoms with Crippen molar-refractivity contribution in [3.8, 4) is 0 Å². The first-order chi connectivity index (χ1) is 14.3. The molecule has 13 heteroatoms. The number of hydrogen-bond acceptors (Lipinski definition) is 9. The third-order valence-electron chi connectivity index (χ3n) is 4.85. The van der Waals surface area contributed by atoms with Crippen molar-refractivity contribution < 1.29 is 14.4 Å². The molecule has 0 radical (unpaired) electrons. The van der Waals surface area contributed by atoms with Crippen LogP contribution in [-0.4, -0.2) is 83.2 Å². The van der Waals surface area contributed by atoms with Crippen LogP contribution in [0.15, 0.2) is 61.2 Å². The zero-order chi connectivity index (χ0) is 21.6. The van der Waals surface area contributed by atoms with E-state index < -0.39 is 29.9 Å². The minimum atomic E-state index is -1.16. The average Bonchev–Trinajstić information content (AvgIpc) is 3.47. The largest absolute Gasteiger partial charge is 0.399 e. The third kappa shape index (κ3) is 2.83. The van der Waals surface area contributed by atoms with Gasteiger partial charge < -0.3 is 11.5 Å². The van der Waals surface area contributed by atoms with E-state index in [1.807, 2.05) is 0 Å². The second-order valence-electron chi connectivity index (χ2n) is 6.81. The molecule has 2 aromatic rings. The van der Waals surface area contributed by atoms with Gasteiger partial charge >= 0.3 is 12.1 Å². The monoisotopic (exact) mass is 412 g/mol. The van der Waals surface area contributed by atoms with E-state index in [1.54, 1.807) is 14.1 Å². The molecule has 4 N–H and O–H groups in total. The number of imidazole rings is 2. The Morgan fingerprint density at radius 1 is 0.800 bits per heavy atom. The van der Waals surface area contributed by atoms with Crippen molar-refractivity contribution in [2.24, 2.45) is 11.5 Å². The lowest BCUT2D eigenvalue weighted by Crippen LogP contribution is -2.58. The predicted molar refractivity (Wildman–Crippen MR) is 102 cm³/mol. The zero-order valence-electron chi connectivity index (χ0n) is 16.2. The van der Waals surface area contributed by atoms with Crippen LogP contribution in [-0.2, 0) is 4.79 Å². The SMILES string of the molecule is CN1C=C(N)C(C(=O)C2C(N)=CN(C)N2C(=O)n2ccnc2)N1C(=O)n1ccnc1. The number of nitrogens with two attached hydrogens (primary N) is 2. The molecule has 0 aromatic carbocycles. The summed E-state index contributed by atoms with van der Waals surface area (Å²) >= 11 is 0. The number of amides is 2. The van der Waals surface area contributed by atoms with Crippen molar-refractivity contribution >= 4 is 17.8 Å². The molecule has 2 aliphatic rings. The van der Waals surface area contributed by atoms with Gasteiger partial charge in [-0.3, -0.25) is 23.9 Å². The number of carbonyl (C=O) groups excluding carboxylic acids is 3. The van der Waals surface area contributed by atoms with Crippen molar-refractivity contribution in [1.82, 2.24) is 39.1 Å². The molecule has 0 saturated heterocycles. The fourth-order valence-electron chi connectivity index (χ4n) is 3.53. The van der Waals surface area contributed by atoms with Crippen LogP contribution in [0.25, 0.3) is 0 Å². The Morgan fingerprint density at radius 3 is 1.53 bits per heavy atom. The van der Waals surface area contributed by atoms with Crippen LogP contribution in [0.3, 0.4) is 0 Å². The molecule has 2 aliphatic heterocycles. The fourth-order valence-corrected chi connectivity index (χ4v) is 3.53. The smallest absolute Gasteiger partial charge is 0.349 e. The summed E-state index contributed by atoms with van der Waals surface area (Å²) < 4.78 is 2.44. The molecule has 4 rings (SSSR count). The standard InChI is InChI=1S/C17H20N10O3/c1-22-7-11(18)13(26(22)16(29)24-5-3-20-9-24)15(28)14-12(19)8-23(2)27(14)17(30)25-6-4-21-10-25/h3-10,13-14H,18-19H2,1-2H3. The van der Waals surface area contributed by atoms with Gasteiger partial charge in [-0.15, -0.1) is 0 Å². The molecular formula is C17H20N10O3. The van der Waals surface area contributed by atoms with Crippen molar-refractivity contribution in [2.45, 2.75) is 12.1 Å². The number of carbonyl (C=O) groups is 3. The van der Waals surface area contributed by atoms with Crippen molar-refractivity contribution in [3.63, 3.8) is 0 Å². The molecule has 2 amide bonds. The van der Waals surface area contributed by atoms with E-state index in [0.29, 0.717) is 0 Å². The molecule has 13 nitrogen and oxygen atoms in total. The predicted octanol–water partition coefficient (Wildman–Crippen LogP) is -1.05. The molecule has 2 atom stereocenters. The van der Waals surface area contributed by atoms with Gasteiger partial charge in [0.05, 0.1) is 11.4 Å². The Hall–Kier alpha value is -4.29. The minimum absolute atomic E-state index is 0.147. The highest BCUT2D eigenvalue weighted by molar-refractivity contribution is 5.99. The van der Waals surface area contributed by atoms with Crippen LogP contribution in [0, 0.1) is 0 Å². The van der Waals surface area contributed by atoms with Gasteiger partial charge in [-0.1, -0.05) is 0 Å². The number of hydrazine groups is 2. The summed E-state index contributed by atoms with van der Waals surface area (Å²) in [5, 5.41) is 5.21. The Balaban J connectivity index is 1.68. The van der Waals surface area contributed by atoms with Crippen LogP contribution in [0.1, 0.15) is 0 Å². The second kappa shape index (κ2) is 6.95. The summed E-state index contributed by atoms with van der Waals surface area (Å²) in [6, 6.07) is -3.39. The normalized spacial score (nSPS) is 21.1. The Labute approximate surface area is 171 Å². The zero-order valence-corrected chi connectivity index (χ0v) is 16.2. The molecule has 156 valence electrons. The van der Waals surface area contributed by atoms with E-state index in [1.165, 1.54) is 79.0 Å². The quantitative estimate of drug-likeness (QED) is 0.629. The van der Waals surface area contributed by atoms with E-state index >= 15 is 0 Å². The lowest BCUT2D eigenvalue weighted by atomic mass is 10.0. The minimum Gasteiger partial charge on any atom is -0.399 e. The maximum Gasteiger partial charge on any atom is 0.349 e. The Kier molecular flexibility index (Phi) is 4.41. The average molecular weight is 412 g/mol. The van der Waals surface area contributed by atoms with Gasteiger partial charge in [-0.2, -0.15) is 0 Å². The first-order valence-corrected chi connectivity index (χ1v) is 8.88. The lowest BCUT2D eigenvalue weighted by molar-refractivity contribution is -0.129. The molecule has 0 fully saturated rings. The van der Waals surface area contributed by atoms with Crippen LogP contribution >= 0.6 is 0 Å².